The van der Waals surface area contributed by atoms with Crippen LogP contribution in [0.2, 0.25) is 0 Å². The van der Waals surface area contributed by atoms with Crippen molar-refractivity contribution in [1.82, 2.24) is 4.98 Å². The normalized spacial score (nSPS) is 20.6. The molecule has 1 fully saturated rings. The monoisotopic (exact) mass is 270 g/mol. The molecule has 4 heteroatoms. The molecule has 2 nitrogen and oxygen atoms in total. The summed E-state index contributed by atoms with van der Waals surface area (Å²) in [5, 5.41) is 0.749. The van der Waals surface area contributed by atoms with Crippen molar-refractivity contribution in [3.63, 3.8) is 0 Å². The van der Waals surface area contributed by atoms with E-state index in [0.29, 0.717) is 5.88 Å². The number of hydrogen-bond donors (Lipinski definition) is 0. The Hall–Kier alpha value is -0.410. The van der Waals surface area contributed by atoms with E-state index in [1.54, 1.807) is 0 Å². The Kier molecular flexibility index (Phi) is 4.57. The van der Waals surface area contributed by atoms with Gasteiger partial charge in [-0.2, -0.15) is 11.8 Å². The molecule has 0 aliphatic carbocycles. The lowest BCUT2D eigenvalue weighted by Crippen LogP contribution is -2.38. The molecular formula is C13H19ClN2S. The SMILES string of the molecule is CCC1CN(c2ccc(CCl)c(C)n2)CCS1. The molecule has 1 atom stereocenters. The van der Waals surface area contributed by atoms with E-state index in [1.807, 2.05) is 6.92 Å². The summed E-state index contributed by atoms with van der Waals surface area (Å²) in [7, 11) is 0. The number of thioether (sulfide) groups is 1. The zero-order valence-electron chi connectivity index (χ0n) is 10.4. The van der Waals surface area contributed by atoms with Gasteiger partial charge in [0.25, 0.3) is 0 Å². The molecule has 2 rings (SSSR count). The van der Waals surface area contributed by atoms with E-state index in [-0.39, 0.29) is 0 Å². The van der Waals surface area contributed by atoms with Crippen LogP contribution in [0.25, 0.3) is 0 Å². The summed E-state index contributed by atoms with van der Waals surface area (Å²) in [6, 6.07) is 4.21. The summed E-state index contributed by atoms with van der Waals surface area (Å²) in [5.41, 5.74) is 2.19. The number of pyridine rings is 1. The first-order valence-electron chi connectivity index (χ1n) is 6.13. The molecular weight excluding hydrogens is 252 g/mol. The molecule has 1 unspecified atom stereocenters. The molecule has 0 N–H and O–H groups in total. The van der Waals surface area contributed by atoms with Crippen LogP contribution in [0.4, 0.5) is 5.82 Å². The Morgan fingerprint density at radius 3 is 3.00 bits per heavy atom. The predicted molar refractivity (Wildman–Crippen MR) is 77.3 cm³/mol. The van der Waals surface area contributed by atoms with E-state index in [1.165, 1.54) is 12.2 Å². The first-order chi connectivity index (χ1) is 8.24. The van der Waals surface area contributed by atoms with Gasteiger partial charge in [-0.05, 0) is 25.0 Å². The van der Waals surface area contributed by atoms with Gasteiger partial charge < -0.3 is 4.90 Å². The topological polar surface area (TPSA) is 16.1 Å². The van der Waals surface area contributed by atoms with Crippen molar-refractivity contribution in [1.29, 1.82) is 0 Å². The average Bonchev–Trinajstić information content (AvgIpc) is 2.38. The minimum Gasteiger partial charge on any atom is -0.355 e. The highest BCUT2D eigenvalue weighted by atomic mass is 35.5. The van der Waals surface area contributed by atoms with Crippen LogP contribution in [-0.2, 0) is 5.88 Å². The lowest BCUT2D eigenvalue weighted by atomic mass is 10.2. The maximum atomic E-state index is 5.86. The second kappa shape index (κ2) is 5.96. The van der Waals surface area contributed by atoms with Crippen molar-refractivity contribution in [2.75, 3.05) is 23.7 Å². The van der Waals surface area contributed by atoms with E-state index >= 15 is 0 Å². The summed E-state index contributed by atoms with van der Waals surface area (Å²) in [5.74, 6) is 2.86. The number of aromatic nitrogens is 1. The minimum atomic E-state index is 0.548. The van der Waals surface area contributed by atoms with Crippen LogP contribution in [0.3, 0.4) is 0 Å². The minimum absolute atomic E-state index is 0.548. The first kappa shape index (κ1) is 13.0. The van der Waals surface area contributed by atoms with Gasteiger partial charge in [-0.15, -0.1) is 11.6 Å². The lowest BCUT2D eigenvalue weighted by Gasteiger charge is -2.33. The van der Waals surface area contributed by atoms with Crippen LogP contribution in [0.5, 0.6) is 0 Å². The Morgan fingerprint density at radius 1 is 1.53 bits per heavy atom. The van der Waals surface area contributed by atoms with Gasteiger partial charge in [0.1, 0.15) is 5.82 Å². The van der Waals surface area contributed by atoms with E-state index in [2.05, 4.69) is 40.7 Å². The summed E-state index contributed by atoms with van der Waals surface area (Å²) in [6.45, 7) is 6.52. The predicted octanol–water partition coefficient (Wildman–Crippen LogP) is 3.46. The number of anilines is 1. The maximum absolute atomic E-state index is 5.86. The third kappa shape index (κ3) is 3.08. The molecule has 2 heterocycles. The Labute approximate surface area is 113 Å². The number of rotatable bonds is 3. The standard InChI is InChI=1S/C13H19ClN2S/c1-3-12-9-16(6-7-17-12)13-5-4-11(8-14)10(2)15-13/h4-5,12H,3,6-9H2,1-2H3. The second-order valence-corrected chi connectivity index (χ2v) is 6.07. The number of halogens is 1. The van der Waals surface area contributed by atoms with Crippen molar-refractivity contribution in [3.8, 4) is 0 Å². The highest BCUT2D eigenvalue weighted by molar-refractivity contribution is 8.00. The summed E-state index contributed by atoms with van der Waals surface area (Å²) >= 11 is 7.94. The van der Waals surface area contributed by atoms with Crippen LogP contribution in [-0.4, -0.2) is 29.1 Å². The molecule has 1 saturated heterocycles. The molecule has 1 aromatic rings. The Balaban J connectivity index is 2.13. The van der Waals surface area contributed by atoms with Crippen molar-refractivity contribution in [3.05, 3.63) is 23.4 Å². The van der Waals surface area contributed by atoms with Crippen LogP contribution >= 0.6 is 23.4 Å². The van der Waals surface area contributed by atoms with Gasteiger partial charge in [-0.3, -0.25) is 0 Å². The van der Waals surface area contributed by atoms with Gasteiger partial charge >= 0.3 is 0 Å². The van der Waals surface area contributed by atoms with Crippen LogP contribution in [0.1, 0.15) is 24.6 Å². The molecule has 0 radical (unpaired) electrons. The van der Waals surface area contributed by atoms with Gasteiger partial charge in [-0.1, -0.05) is 13.0 Å². The van der Waals surface area contributed by atoms with Gasteiger partial charge in [0.15, 0.2) is 0 Å². The fraction of sp³-hybridized carbons (Fsp3) is 0.615. The third-order valence-corrected chi connectivity index (χ3v) is 4.90. The van der Waals surface area contributed by atoms with Crippen LogP contribution in [0.15, 0.2) is 12.1 Å². The van der Waals surface area contributed by atoms with Crippen molar-refractivity contribution >= 4 is 29.2 Å². The van der Waals surface area contributed by atoms with Gasteiger partial charge in [0, 0.05) is 35.7 Å². The summed E-state index contributed by atoms with van der Waals surface area (Å²) in [4.78, 5) is 7.07. The van der Waals surface area contributed by atoms with E-state index in [9.17, 15) is 0 Å². The molecule has 1 aromatic heterocycles. The molecule has 0 amide bonds. The number of aryl methyl sites for hydroxylation is 1. The molecule has 1 aliphatic rings. The zero-order valence-corrected chi connectivity index (χ0v) is 12.0. The van der Waals surface area contributed by atoms with Gasteiger partial charge in [0.05, 0.1) is 0 Å². The zero-order chi connectivity index (χ0) is 12.3. The highest BCUT2D eigenvalue weighted by Gasteiger charge is 2.20. The maximum Gasteiger partial charge on any atom is 0.128 e. The number of hydrogen-bond acceptors (Lipinski definition) is 3. The third-order valence-electron chi connectivity index (χ3n) is 3.24. The first-order valence-corrected chi connectivity index (χ1v) is 7.72. The highest BCUT2D eigenvalue weighted by Crippen LogP contribution is 2.25. The van der Waals surface area contributed by atoms with E-state index in [0.717, 1.165) is 35.4 Å². The van der Waals surface area contributed by atoms with Crippen molar-refractivity contribution in [2.45, 2.75) is 31.4 Å². The van der Waals surface area contributed by atoms with Gasteiger partial charge in [-0.25, -0.2) is 4.98 Å². The largest absolute Gasteiger partial charge is 0.355 e. The Morgan fingerprint density at radius 2 is 2.35 bits per heavy atom. The lowest BCUT2D eigenvalue weighted by molar-refractivity contribution is 0.718. The van der Waals surface area contributed by atoms with Crippen LogP contribution in [0, 0.1) is 6.92 Å². The molecule has 17 heavy (non-hydrogen) atoms. The average molecular weight is 271 g/mol. The van der Waals surface area contributed by atoms with Crippen molar-refractivity contribution < 1.29 is 0 Å². The second-order valence-electron chi connectivity index (χ2n) is 4.39. The van der Waals surface area contributed by atoms with E-state index in [4.69, 9.17) is 11.6 Å². The summed E-state index contributed by atoms with van der Waals surface area (Å²) in [6.07, 6.45) is 1.24. The molecule has 0 aromatic carbocycles. The van der Waals surface area contributed by atoms with Crippen LogP contribution < -0.4 is 4.90 Å². The number of nitrogens with zero attached hydrogens (tertiary/aromatic N) is 2. The van der Waals surface area contributed by atoms with Gasteiger partial charge in [0.2, 0.25) is 0 Å². The Bertz CT molecular complexity index is 384. The fourth-order valence-corrected chi connectivity index (χ4v) is 3.53. The van der Waals surface area contributed by atoms with Crippen molar-refractivity contribution in [2.24, 2.45) is 0 Å². The fourth-order valence-electron chi connectivity index (χ4n) is 2.07. The molecule has 94 valence electrons. The molecule has 1 aliphatic heterocycles. The smallest absolute Gasteiger partial charge is 0.128 e. The summed E-state index contributed by atoms with van der Waals surface area (Å²) < 4.78 is 0. The molecule has 0 spiro atoms. The molecule has 0 saturated carbocycles. The number of alkyl halides is 1. The quantitative estimate of drug-likeness (QED) is 0.783. The van der Waals surface area contributed by atoms with E-state index < -0.39 is 0 Å². The molecule has 0 bridgehead atoms.